The number of hydrogen-bond donors (Lipinski definition) is 3. The zero-order chi connectivity index (χ0) is 24.0. The van der Waals surface area contributed by atoms with Crippen LogP contribution in [0.15, 0.2) is 33.8 Å². The van der Waals surface area contributed by atoms with Crippen molar-refractivity contribution in [2.24, 2.45) is 0 Å². The number of alkyl halides is 1. The zero-order valence-electron chi connectivity index (χ0n) is 17.9. The number of ether oxygens (including phenoxy) is 3. The first-order valence-corrected chi connectivity index (χ1v) is 10.6. The first-order chi connectivity index (χ1) is 15.9. The highest BCUT2D eigenvalue weighted by molar-refractivity contribution is 7.93. The summed E-state index contributed by atoms with van der Waals surface area (Å²) in [7, 11) is 2.76. The van der Waals surface area contributed by atoms with Crippen molar-refractivity contribution in [3.8, 4) is 17.4 Å². The lowest BCUT2D eigenvalue weighted by molar-refractivity contribution is 0.186. The Morgan fingerprint density at radius 1 is 1.30 bits per heavy atom. The number of anilines is 1. The van der Waals surface area contributed by atoms with Gasteiger partial charge >= 0.3 is 0 Å². The molecule has 1 atom stereocenters. The molecule has 0 aliphatic rings. The number of nitrogens with one attached hydrogen (secondary N) is 3. The minimum absolute atomic E-state index is 0.00752. The molecule has 0 fully saturated rings. The molecule has 0 aliphatic carbocycles. The fourth-order valence-electron chi connectivity index (χ4n) is 2.97. The second-order valence-corrected chi connectivity index (χ2v) is 7.57. The molecule has 0 saturated carbocycles. The van der Waals surface area contributed by atoms with Crippen molar-refractivity contribution in [3.63, 3.8) is 0 Å². The van der Waals surface area contributed by atoms with Crippen LogP contribution in [0.2, 0.25) is 0 Å². The Labute approximate surface area is 190 Å². The molecule has 2 aromatic heterocycles. The average Bonchev–Trinajstić information content (AvgIpc) is 3.20. The number of aryl methyl sites for hydroxylation is 1. The van der Waals surface area contributed by atoms with Crippen molar-refractivity contribution < 1.29 is 32.1 Å². The first kappa shape index (κ1) is 24.1. The molecule has 13 heteroatoms. The minimum atomic E-state index is -2.03. The van der Waals surface area contributed by atoms with E-state index < -0.39 is 29.8 Å². The van der Waals surface area contributed by atoms with Crippen LogP contribution in [0.5, 0.6) is 17.4 Å². The van der Waals surface area contributed by atoms with Gasteiger partial charge in [0.05, 0.1) is 14.2 Å². The van der Waals surface area contributed by atoms with Gasteiger partial charge in [-0.05, 0) is 25.3 Å². The lowest BCUT2D eigenvalue weighted by Gasteiger charge is -2.16. The van der Waals surface area contributed by atoms with E-state index in [0.717, 1.165) is 6.21 Å². The smallest absolute Gasteiger partial charge is 0.283 e. The highest BCUT2D eigenvalue weighted by Gasteiger charge is 2.30. The van der Waals surface area contributed by atoms with Gasteiger partial charge in [0.1, 0.15) is 16.7 Å². The van der Waals surface area contributed by atoms with Crippen LogP contribution < -0.4 is 24.2 Å². The quantitative estimate of drug-likeness (QED) is 0.278. The maximum Gasteiger partial charge on any atom is 0.283 e. The molecule has 0 aliphatic heterocycles. The second kappa shape index (κ2) is 10.8. The highest BCUT2D eigenvalue weighted by Crippen LogP contribution is 2.39. The lowest BCUT2D eigenvalue weighted by atomic mass is 10.1. The van der Waals surface area contributed by atoms with Crippen LogP contribution in [-0.2, 0) is 17.9 Å². The fourth-order valence-corrected chi connectivity index (χ4v) is 4.00. The van der Waals surface area contributed by atoms with Gasteiger partial charge in [0.25, 0.3) is 10.8 Å². The Hall–Kier alpha value is -3.58. The van der Waals surface area contributed by atoms with Crippen molar-refractivity contribution in [1.29, 1.82) is 5.41 Å². The van der Waals surface area contributed by atoms with Crippen LogP contribution in [0.3, 0.4) is 0 Å². The summed E-state index contributed by atoms with van der Waals surface area (Å²) < 4.78 is 64.5. The predicted octanol–water partition coefficient (Wildman–Crippen LogP) is 3.38. The summed E-state index contributed by atoms with van der Waals surface area (Å²) in [6.07, 6.45) is 3.90. The Morgan fingerprint density at radius 3 is 2.76 bits per heavy atom. The van der Waals surface area contributed by atoms with Crippen molar-refractivity contribution in [2.75, 3.05) is 25.8 Å². The molecule has 3 aromatic rings. The fraction of sp³-hybridized carbons (Fsp3) is 0.250. The van der Waals surface area contributed by atoms with Crippen LogP contribution >= 0.6 is 0 Å². The Balaban J connectivity index is 2.02. The zero-order valence-corrected chi connectivity index (χ0v) is 18.7. The van der Waals surface area contributed by atoms with Gasteiger partial charge in [-0.25, -0.2) is 13.8 Å². The van der Waals surface area contributed by atoms with E-state index in [1.807, 2.05) is 0 Å². The third-order valence-corrected chi connectivity index (χ3v) is 5.48. The summed E-state index contributed by atoms with van der Waals surface area (Å²) >= 11 is -2.03. The summed E-state index contributed by atoms with van der Waals surface area (Å²) in [4.78, 5) is 4.28. The van der Waals surface area contributed by atoms with Gasteiger partial charge in [0, 0.05) is 30.1 Å². The van der Waals surface area contributed by atoms with Crippen LogP contribution in [0.4, 0.5) is 14.6 Å². The number of fused-ring (bicyclic) bond motifs is 1. The maximum absolute atomic E-state index is 15.1. The molecular formula is C20H21F2N5O5S. The predicted molar refractivity (Wildman–Crippen MR) is 117 cm³/mol. The van der Waals surface area contributed by atoms with Crippen molar-refractivity contribution in [3.05, 3.63) is 41.5 Å². The van der Waals surface area contributed by atoms with Gasteiger partial charge in [-0.2, -0.15) is 4.72 Å². The normalized spacial score (nSPS) is 12.1. The largest absolute Gasteiger partial charge is 0.588 e. The van der Waals surface area contributed by atoms with Gasteiger partial charge in [-0.15, -0.1) is 0 Å². The van der Waals surface area contributed by atoms with E-state index in [0.29, 0.717) is 5.69 Å². The maximum atomic E-state index is 15.1. The van der Waals surface area contributed by atoms with E-state index in [1.165, 1.54) is 32.6 Å². The Bertz CT molecular complexity index is 1150. The van der Waals surface area contributed by atoms with Crippen molar-refractivity contribution in [1.82, 2.24) is 15.5 Å². The third-order valence-electron chi connectivity index (χ3n) is 4.36. The third kappa shape index (κ3) is 5.09. The molecule has 1 aromatic carbocycles. The standard InChI is InChI=1S/C20H21F2N5O5S/c1-11-7-14(29-2)18(20(25-11)30-3)33(28)27-19-15-13(32-26-19)8-12(9-24-6-4-5-23)16(22)17(15)31-10-21/h4-8,23-24H,9-10H2,1-3H3,(H,26,27)/b6-4-,23-5?. The molecule has 0 saturated heterocycles. The number of allylic oxidation sites excluding steroid dienone is 1. The molecule has 0 radical (unpaired) electrons. The molecule has 2 heterocycles. The van der Waals surface area contributed by atoms with Crippen molar-refractivity contribution >= 4 is 34.4 Å². The van der Waals surface area contributed by atoms with Crippen LogP contribution in [0.1, 0.15) is 11.3 Å². The van der Waals surface area contributed by atoms with E-state index in [2.05, 4.69) is 20.2 Å². The van der Waals surface area contributed by atoms with E-state index in [-0.39, 0.29) is 45.4 Å². The topological polar surface area (TPSA) is 138 Å². The Morgan fingerprint density at radius 2 is 2.09 bits per heavy atom. The molecule has 10 nitrogen and oxygen atoms in total. The molecule has 0 spiro atoms. The summed E-state index contributed by atoms with van der Waals surface area (Å²) in [5.74, 6) is -1.14. The van der Waals surface area contributed by atoms with Gasteiger partial charge in [0.15, 0.2) is 22.9 Å². The number of benzene rings is 1. The molecule has 0 bridgehead atoms. The second-order valence-electron chi connectivity index (χ2n) is 6.42. The highest BCUT2D eigenvalue weighted by atomic mass is 32.2. The SMILES string of the molecule is COc1cc(C)nc(OC)c1[S+]([O-])Nc1noc2cc(CN/C=C\C=N)c(F)c(OCF)c12. The number of pyridine rings is 1. The lowest BCUT2D eigenvalue weighted by Crippen LogP contribution is -2.17. The van der Waals surface area contributed by atoms with Gasteiger partial charge < -0.3 is 34.0 Å². The molecule has 1 unspecified atom stereocenters. The average molecular weight is 481 g/mol. The number of aromatic nitrogens is 2. The number of halogens is 2. The van der Waals surface area contributed by atoms with E-state index in [9.17, 15) is 8.94 Å². The van der Waals surface area contributed by atoms with E-state index in [4.69, 9.17) is 24.1 Å². The Kier molecular flexibility index (Phi) is 7.90. The number of nitrogens with zero attached hydrogens (tertiary/aromatic N) is 2. The number of methoxy groups -OCH3 is 2. The van der Waals surface area contributed by atoms with Crippen molar-refractivity contribution in [2.45, 2.75) is 18.4 Å². The minimum Gasteiger partial charge on any atom is -0.588 e. The summed E-state index contributed by atoms with van der Waals surface area (Å²) in [6, 6.07) is 2.93. The van der Waals surface area contributed by atoms with Gasteiger partial charge in [-0.3, -0.25) is 0 Å². The summed E-state index contributed by atoms with van der Waals surface area (Å²) in [6.45, 7) is 0.411. The number of rotatable bonds is 11. The monoisotopic (exact) mass is 481 g/mol. The van der Waals surface area contributed by atoms with E-state index in [1.54, 1.807) is 13.0 Å². The summed E-state index contributed by atoms with van der Waals surface area (Å²) in [5, 5.41) is 13.5. The molecule has 3 rings (SSSR count). The molecule has 176 valence electrons. The van der Waals surface area contributed by atoms with Gasteiger partial charge in [0.2, 0.25) is 12.7 Å². The summed E-state index contributed by atoms with van der Waals surface area (Å²) in [5.41, 5.74) is 0.761. The van der Waals surface area contributed by atoms with E-state index >= 15 is 4.39 Å². The first-order valence-electron chi connectivity index (χ1n) is 9.41. The van der Waals surface area contributed by atoms with Crippen LogP contribution in [-0.4, -0.2) is 42.0 Å². The van der Waals surface area contributed by atoms with Crippen LogP contribution in [0, 0.1) is 18.2 Å². The number of hydrogen-bond acceptors (Lipinski definition) is 10. The molecular weight excluding hydrogens is 460 g/mol. The molecule has 0 amide bonds. The molecule has 3 N–H and O–H groups in total. The molecule has 33 heavy (non-hydrogen) atoms. The van der Waals surface area contributed by atoms with Crippen LogP contribution in [0.25, 0.3) is 11.0 Å². The van der Waals surface area contributed by atoms with Gasteiger partial charge in [-0.1, -0.05) is 5.16 Å².